The van der Waals surface area contributed by atoms with Crippen LogP contribution in [0.3, 0.4) is 0 Å². The molecule has 2 N–H and O–H groups in total. The molecule has 0 spiro atoms. The lowest BCUT2D eigenvalue weighted by Gasteiger charge is -2.07. The summed E-state index contributed by atoms with van der Waals surface area (Å²) in [6, 6.07) is 2.05. The number of nitrogens with zero attached hydrogens (tertiary/aromatic N) is 2. The number of aryl methyl sites for hydroxylation is 1. The molecule has 1 aliphatic heterocycles. The second-order valence-electron chi connectivity index (χ2n) is 5.99. The van der Waals surface area contributed by atoms with E-state index in [2.05, 4.69) is 28.7 Å². The maximum atomic E-state index is 12.0. The van der Waals surface area contributed by atoms with Crippen LogP contribution in [0.5, 0.6) is 0 Å². The number of aromatic nitrogens is 2. The first-order valence-corrected chi connectivity index (χ1v) is 7.84. The number of carbonyl (C=O) groups excluding carboxylic acids is 1. The third-order valence-corrected chi connectivity index (χ3v) is 4.32. The van der Waals surface area contributed by atoms with E-state index in [0.29, 0.717) is 18.3 Å². The van der Waals surface area contributed by atoms with Crippen molar-refractivity contribution in [2.75, 3.05) is 18.4 Å². The highest BCUT2D eigenvalue weighted by atomic mass is 16.1. The van der Waals surface area contributed by atoms with Crippen LogP contribution in [0.2, 0.25) is 0 Å². The molecule has 1 atom stereocenters. The smallest absolute Gasteiger partial charge is 0.225 e. The first-order chi connectivity index (χ1) is 9.76. The first-order valence-electron chi connectivity index (χ1n) is 7.84. The number of amides is 1. The number of nitrogens with one attached hydrogen (secondary N) is 2. The summed E-state index contributed by atoms with van der Waals surface area (Å²) in [6.07, 6.45) is 5.29. The van der Waals surface area contributed by atoms with Gasteiger partial charge in [0.25, 0.3) is 0 Å². The summed E-state index contributed by atoms with van der Waals surface area (Å²) >= 11 is 0. The molecule has 5 nitrogen and oxygen atoms in total. The van der Waals surface area contributed by atoms with Gasteiger partial charge in [-0.1, -0.05) is 0 Å². The summed E-state index contributed by atoms with van der Waals surface area (Å²) in [5.41, 5.74) is 1.28. The summed E-state index contributed by atoms with van der Waals surface area (Å²) in [5.74, 6) is 2.15. The molecule has 0 aromatic carbocycles. The minimum atomic E-state index is 0.0972. The molecule has 3 rings (SSSR count). The Labute approximate surface area is 120 Å². The standard InChI is InChI=1S/C15H24N4O/c1-2-19-13(12-4-5-12)9-14(18-19)17-15(20)6-3-11-7-8-16-10-11/h9,11-12,16H,2-8,10H2,1H3,(H,17,18,20). The Kier molecular flexibility index (Phi) is 4.05. The van der Waals surface area contributed by atoms with Gasteiger partial charge in [0.2, 0.25) is 5.91 Å². The number of carbonyl (C=O) groups is 1. The van der Waals surface area contributed by atoms with Crippen LogP contribution >= 0.6 is 0 Å². The van der Waals surface area contributed by atoms with Gasteiger partial charge in [0.1, 0.15) is 0 Å². The zero-order chi connectivity index (χ0) is 13.9. The second kappa shape index (κ2) is 5.95. The minimum Gasteiger partial charge on any atom is -0.316 e. The highest BCUT2D eigenvalue weighted by molar-refractivity contribution is 5.89. The topological polar surface area (TPSA) is 59.0 Å². The van der Waals surface area contributed by atoms with Gasteiger partial charge in [-0.25, -0.2) is 0 Å². The van der Waals surface area contributed by atoms with Crippen LogP contribution in [0.4, 0.5) is 5.82 Å². The molecule has 2 heterocycles. The maximum Gasteiger partial charge on any atom is 0.225 e. The number of hydrogen-bond acceptors (Lipinski definition) is 3. The molecular formula is C15H24N4O. The summed E-state index contributed by atoms with van der Waals surface area (Å²) in [7, 11) is 0. The van der Waals surface area contributed by atoms with Crippen LogP contribution in [0.15, 0.2) is 6.07 Å². The number of anilines is 1. The van der Waals surface area contributed by atoms with E-state index in [0.717, 1.165) is 31.9 Å². The van der Waals surface area contributed by atoms with E-state index in [1.807, 2.05) is 4.68 Å². The molecule has 1 aliphatic carbocycles. The van der Waals surface area contributed by atoms with E-state index < -0.39 is 0 Å². The van der Waals surface area contributed by atoms with Crippen molar-refractivity contribution in [3.8, 4) is 0 Å². The maximum absolute atomic E-state index is 12.0. The average molecular weight is 276 g/mol. The predicted molar refractivity (Wildman–Crippen MR) is 78.7 cm³/mol. The molecule has 110 valence electrons. The number of rotatable bonds is 6. The average Bonchev–Trinajstić information content (AvgIpc) is 3.01. The van der Waals surface area contributed by atoms with Crippen molar-refractivity contribution < 1.29 is 4.79 Å². The summed E-state index contributed by atoms with van der Waals surface area (Å²) < 4.78 is 2.02. The molecule has 5 heteroatoms. The Bertz CT molecular complexity index is 472. The largest absolute Gasteiger partial charge is 0.316 e. The molecule has 1 saturated carbocycles. The molecule has 0 radical (unpaired) electrons. The van der Waals surface area contributed by atoms with Gasteiger partial charge in [0.15, 0.2) is 5.82 Å². The van der Waals surface area contributed by atoms with Crippen LogP contribution in [0.25, 0.3) is 0 Å². The van der Waals surface area contributed by atoms with E-state index in [1.165, 1.54) is 25.0 Å². The first kappa shape index (κ1) is 13.6. The SMILES string of the molecule is CCn1nc(NC(=O)CCC2CCNC2)cc1C1CC1. The van der Waals surface area contributed by atoms with E-state index in [4.69, 9.17) is 0 Å². The fraction of sp³-hybridized carbons (Fsp3) is 0.733. The monoisotopic (exact) mass is 276 g/mol. The molecule has 2 fully saturated rings. The predicted octanol–water partition coefficient (Wildman–Crippen LogP) is 2.11. The van der Waals surface area contributed by atoms with Crippen molar-refractivity contribution in [1.29, 1.82) is 0 Å². The molecular weight excluding hydrogens is 252 g/mol. The van der Waals surface area contributed by atoms with Crippen LogP contribution in [-0.4, -0.2) is 28.8 Å². The van der Waals surface area contributed by atoms with Gasteiger partial charge in [0.05, 0.1) is 0 Å². The van der Waals surface area contributed by atoms with Gasteiger partial charge in [-0.2, -0.15) is 5.10 Å². The zero-order valence-corrected chi connectivity index (χ0v) is 12.2. The van der Waals surface area contributed by atoms with E-state index >= 15 is 0 Å². The molecule has 1 aromatic heterocycles. The molecule has 1 unspecified atom stereocenters. The lowest BCUT2D eigenvalue weighted by atomic mass is 10.0. The fourth-order valence-electron chi connectivity index (χ4n) is 2.95. The lowest BCUT2D eigenvalue weighted by molar-refractivity contribution is -0.116. The molecule has 1 amide bonds. The van der Waals surface area contributed by atoms with Crippen LogP contribution in [-0.2, 0) is 11.3 Å². The van der Waals surface area contributed by atoms with Gasteiger partial charge >= 0.3 is 0 Å². The van der Waals surface area contributed by atoms with Gasteiger partial charge in [0, 0.05) is 30.6 Å². The van der Waals surface area contributed by atoms with Crippen LogP contribution in [0.1, 0.15) is 50.6 Å². The Balaban J connectivity index is 1.52. The Morgan fingerprint density at radius 1 is 1.50 bits per heavy atom. The van der Waals surface area contributed by atoms with E-state index in [9.17, 15) is 4.79 Å². The molecule has 2 aliphatic rings. The van der Waals surface area contributed by atoms with E-state index in [-0.39, 0.29) is 5.91 Å². The summed E-state index contributed by atoms with van der Waals surface area (Å²) in [5, 5.41) is 10.8. The molecule has 1 saturated heterocycles. The van der Waals surface area contributed by atoms with Crippen LogP contribution < -0.4 is 10.6 Å². The highest BCUT2D eigenvalue weighted by Gasteiger charge is 2.28. The Hall–Kier alpha value is -1.36. The van der Waals surface area contributed by atoms with Crippen molar-refractivity contribution in [3.63, 3.8) is 0 Å². The Morgan fingerprint density at radius 2 is 2.35 bits per heavy atom. The second-order valence-corrected chi connectivity index (χ2v) is 5.99. The summed E-state index contributed by atoms with van der Waals surface area (Å²) in [4.78, 5) is 12.0. The van der Waals surface area contributed by atoms with Crippen molar-refractivity contribution in [2.45, 2.75) is 51.5 Å². The van der Waals surface area contributed by atoms with Crippen molar-refractivity contribution >= 4 is 11.7 Å². The lowest BCUT2D eigenvalue weighted by Crippen LogP contribution is -2.15. The zero-order valence-electron chi connectivity index (χ0n) is 12.2. The quantitative estimate of drug-likeness (QED) is 0.836. The van der Waals surface area contributed by atoms with Gasteiger partial charge in [-0.3, -0.25) is 9.48 Å². The van der Waals surface area contributed by atoms with E-state index in [1.54, 1.807) is 0 Å². The summed E-state index contributed by atoms with van der Waals surface area (Å²) in [6.45, 7) is 5.12. The van der Waals surface area contributed by atoms with Crippen molar-refractivity contribution in [3.05, 3.63) is 11.8 Å². The third kappa shape index (κ3) is 3.20. The Morgan fingerprint density at radius 3 is 3.00 bits per heavy atom. The van der Waals surface area contributed by atoms with Crippen molar-refractivity contribution in [2.24, 2.45) is 5.92 Å². The third-order valence-electron chi connectivity index (χ3n) is 4.32. The van der Waals surface area contributed by atoms with Crippen LogP contribution in [0, 0.1) is 5.92 Å². The normalized spacial score (nSPS) is 22.1. The fourth-order valence-corrected chi connectivity index (χ4v) is 2.95. The minimum absolute atomic E-state index is 0.0972. The van der Waals surface area contributed by atoms with Crippen molar-refractivity contribution in [1.82, 2.24) is 15.1 Å². The molecule has 20 heavy (non-hydrogen) atoms. The van der Waals surface area contributed by atoms with Gasteiger partial charge < -0.3 is 10.6 Å². The highest BCUT2D eigenvalue weighted by Crippen LogP contribution is 2.40. The number of hydrogen-bond donors (Lipinski definition) is 2. The molecule has 0 bridgehead atoms. The van der Waals surface area contributed by atoms with Gasteiger partial charge in [-0.05, 0) is 51.6 Å². The molecule has 1 aromatic rings. The van der Waals surface area contributed by atoms with Gasteiger partial charge in [-0.15, -0.1) is 0 Å².